The average molecular weight is 390 g/mol. The number of aromatic nitrogens is 2. The molecule has 3 aromatic rings. The molecule has 1 aliphatic heterocycles. The number of benzene rings is 2. The Morgan fingerprint density at radius 1 is 1.03 bits per heavy atom. The first-order valence-corrected chi connectivity index (χ1v) is 9.89. The molecule has 29 heavy (non-hydrogen) atoms. The molecule has 0 fully saturated rings. The minimum Gasteiger partial charge on any atom is -0.496 e. The molecule has 2 heterocycles. The van der Waals surface area contributed by atoms with Crippen molar-refractivity contribution in [1.82, 2.24) is 14.5 Å². The van der Waals surface area contributed by atoms with Crippen LogP contribution in [0.1, 0.15) is 23.7 Å². The summed E-state index contributed by atoms with van der Waals surface area (Å²) in [6.07, 6.45) is 0.676. The second-order valence-corrected chi connectivity index (χ2v) is 7.25. The first-order chi connectivity index (χ1) is 14.1. The van der Waals surface area contributed by atoms with Crippen molar-refractivity contribution in [2.75, 3.05) is 18.7 Å². The molecular formula is C23H26N4O2. The second-order valence-electron chi connectivity index (χ2n) is 7.25. The van der Waals surface area contributed by atoms with Gasteiger partial charge in [-0.25, -0.2) is 4.98 Å². The largest absolute Gasteiger partial charge is 0.496 e. The summed E-state index contributed by atoms with van der Waals surface area (Å²) < 4.78 is 7.31. The molecule has 0 atom stereocenters. The van der Waals surface area contributed by atoms with Crippen LogP contribution in [0.15, 0.2) is 59.4 Å². The van der Waals surface area contributed by atoms with Gasteiger partial charge in [0.25, 0.3) is 5.56 Å². The standard InChI is InChI=1S/C23H26N4O2/c1-4-20-17(2)24-23-26(19-11-6-5-7-12-19)15-25(16-27(23)22(20)28)14-18-10-8-9-13-21(18)29-3/h5-13H,4,14-16H2,1-3H3. The highest BCUT2D eigenvalue weighted by molar-refractivity contribution is 5.58. The summed E-state index contributed by atoms with van der Waals surface area (Å²) in [6.45, 7) is 5.73. The van der Waals surface area contributed by atoms with E-state index < -0.39 is 0 Å². The number of fused-ring (bicyclic) bond motifs is 1. The van der Waals surface area contributed by atoms with E-state index in [4.69, 9.17) is 9.72 Å². The quantitative estimate of drug-likeness (QED) is 0.665. The van der Waals surface area contributed by atoms with Gasteiger partial charge in [-0.05, 0) is 31.5 Å². The highest BCUT2D eigenvalue weighted by Crippen LogP contribution is 2.29. The van der Waals surface area contributed by atoms with Gasteiger partial charge in [0.1, 0.15) is 5.75 Å². The Hall–Kier alpha value is -3.12. The number of hydrogen-bond acceptors (Lipinski definition) is 5. The third kappa shape index (κ3) is 3.63. The SMILES string of the molecule is CCc1c(C)nc2n(c1=O)CN(Cc1ccccc1OC)CN2c1ccccc1. The van der Waals surface area contributed by atoms with Gasteiger partial charge in [0, 0.05) is 29.1 Å². The van der Waals surface area contributed by atoms with Crippen LogP contribution in [0.5, 0.6) is 5.75 Å². The predicted molar refractivity (Wildman–Crippen MR) is 115 cm³/mol. The van der Waals surface area contributed by atoms with Crippen molar-refractivity contribution in [2.24, 2.45) is 0 Å². The molecule has 1 aromatic heterocycles. The van der Waals surface area contributed by atoms with Crippen LogP contribution < -0.4 is 15.2 Å². The Morgan fingerprint density at radius 3 is 2.48 bits per heavy atom. The predicted octanol–water partition coefficient (Wildman–Crippen LogP) is 3.69. The maximum atomic E-state index is 13.2. The van der Waals surface area contributed by atoms with E-state index in [1.807, 2.05) is 62.4 Å². The molecule has 0 radical (unpaired) electrons. The van der Waals surface area contributed by atoms with Gasteiger partial charge in [0.2, 0.25) is 5.95 Å². The molecule has 0 unspecified atom stereocenters. The first-order valence-electron chi connectivity index (χ1n) is 9.89. The van der Waals surface area contributed by atoms with Crippen LogP contribution in [0.3, 0.4) is 0 Å². The van der Waals surface area contributed by atoms with Gasteiger partial charge in [0.05, 0.1) is 20.4 Å². The summed E-state index contributed by atoms with van der Waals surface area (Å²) in [4.78, 5) is 22.4. The number of rotatable bonds is 5. The van der Waals surface area contributed by atoms with Gasteiger partial charge in [-0.3, -0.25) is 19.2 Å². The highest BCUT2D eigenvalue weighted by atomic mass is 16.5. The lowest BCUT2D eigenvalue weighted by Crippen LogP contribution is -2.47. The van der Waals surface area contributed by atoms with Crippen molar-refractivity contribution in [2.45, 2.75) is 33.5 Å². The summed E-state index contributed by atoms with van der Waals surface area (Å²) in [7, 11) is 1.69. The average Bonchev–Trinajstić information content (AvgIpc) is 2.75. The molecule has 0 bridgehead atoms. The molecule has 4 rings (SSSR count). The number of para-hydroxylation sites is 2. The fourth-order valence-corrected chi connectivity index (χ4v) is 3.91. The molecule has 0 aliphatic carbocycles. The van der Waals surface area contributed by atoms with Gasteiger partial charge >= 0.3 is 0 Å². The van der Waals surface area contributed by atoms with Crippen molar-refractivity contribution in [3.8, 4) is 5.75 Å². The number of anilines is 2. The summed E-state index contributed by atoms with van der Waals surface area (Å²) in [5, 5.41) is 0. The molecule has 0 N–H and O–H groups in total. The summed E-state index contributed by atoms with van der Waals surface area (Å²) in [5.41, 5.74) is 3.74. The minimum atomic E-state index is 0.0423. The Morgan fingerprint density at radius 2 is 1.76 bits per heavy atom. The lowest BCUT2D eigenvalue weighted by Gasteiger charge is -2.38. The molecule has 6 heteroatoms. The molecule has 0 spiro atoms. The Kier molecular flexibility index (Phi) is 5.36. The van der Waals surface area contributed by atoms with Crippen molar-refractivity contribution in [3.63, 3.8) is 0 Å². The topological polar surface area (TPSA) is 50.6 Å². The normalized spacial score (nSPS) is 14.0. The van der Waals surface area contributed by atoms with Crippen molar-refractivity contribution in [1.29, 1.82) is 0 Å². The monoisotopic (exact) mass is 390 g/mol. The highest BCUT2D eigenvalue weighted by Gasteiger charge is 2.28. The molecule has 1 aliphatic rings. The van der Waals surface area contributed by atoms with E-state index >= 15 is 0 Å². The number of ether oxygens (including phenoxy) is 1. The smallest absolute Gasteiger partial charge is 0.259 e. The van der Waals surface area contributed by atoms with Gasteiger partial charge in [-0.2, -0.15) is 0 Å². The van der Waals surface area contributed by atoms with Crippen LogP contribution in [-0.2, 0) is 19.6 Å². The van der Waals surface area contributed by atoms with Crippen molar-refractivity contribution < 1.29 is 4.74 Å². The molecular weight excluding hydrogens is 364 g/mol. The van der Waals surface area contributed by atoms with E-state index in [1.54, 1.807) is 11.7 Å². The zero-order valence-electron chi connectivity index (χ0n) is 17.1. The number of aryl methyl sites for hydroxylation is 1. The van der Waals surface area contributed by atoms with Crippen LogP contribution in [0.2, 0.25) is 0 Å². The van der Waals surface area contributed by atoms with Crippen LogP contribution in [0.25, 0.3) is 0 Å². The van der Waals surface area contributed by atoms with Gasteiger partial charge in [-0.1, -0.05) is 43.3 Å². The summed E-state index contributed by atoms with van der Waals surface area (Å²) in [5.74, 6) is 1.56. The van der Waals surface area contributed by atoms with Gasteiger partial charge in [-0.15, -0.1) is 0 Å². The van der Waals surface area contributed by atoms with E-state index in [-0.39, 0.29) is 5.56 Å². The molecule has 6 nitrogen and oxygen atoms in total. The van der Waals surface area contributed by atoms with Crippen LogP contribution in [0, 0.1) is 6.92 Å². The number of hydrogen-bond donors (Lipinski definition) is 0. The van der Waals surface area contributed by atoms with Crippen molar-refractivity contribution >= 4 is 11.6 Å². The van der Waals surface area contributed by atoms with Crippen LogP contribution in [-0.4, -0.2) is 28.2 Å². The third-order valence-electron chi connectivity index (χ3n) is 5.38. The lowest BCUT2D eigenvalue weighted by atomic mass is 10.1. The van der Waals surface area contributed by atoms with E-state index in [2.05, 4.69) is 15.9 Å². The Labute approximate surface area is 171 Å². The lowest BCUT2D eigenvalue weighted by molar-refractivity contribution is 0.187. The maximum absolute atomic E-state index is 13.2. The summed E-state index contributed by atoms with van der Waals surface area (Å²) in [6, 6.07) is 18.1. The van der Waals surface area contributed by atoms with Gasteiger partial charge in [0.15, 0.2) is 0 Å². The molecule has 2 aromatic carbocycles. The Balaban J connectivity index is 1.78. The van der Waals surface area contributed by atoms with Crippen LogP contribution in [0.4, 0.5) is 11.6 Å². The first kappa shape index (κ1) is 19.2. The zero-order valence-corrected chi connectivity index (χ0v) is 17.1. The van der Waals surface area contributed by atoms with Gasteiger partial charge < -0.3 is 4.74 Å². The molecule has 0 saturated heterocycles. The molecule has 0 amide bonds. The van der Waals surface area contributed by atoms with E-state index in [1.165, 1.54) is 0 Å². The van der Waals surface area contributed by atoms with E-state index in [0.29, 0.717) is 32.3 Å². The Bertz CT molecular complexity index is 1060. The van der Waals surface area contributed by atoms with E-state index in [0.717, 1.165) is 28.3 Å². The second kappa shape index (κ2) is 8.09. The maximum Gasteiger partial charge on any atom is 0.259 e. The number of methoxy groups -OCH3 is 1. The third-order valence-corrected chi connectivity index (χ3v) is 5.38. The fraction of sp³-hybridized carbons (Fsp3) is 0.304. The minimum absolute atomic E-state index is 0.0423. The molecule has 0 saturated carbocycles. The zero-order chi connectivity index (χ0) is 20.4. The number of nitrogens with zero attached hydrogens (tertiary/aromatic N) is 4. The van der Waals surface area contributed by atoms with Crippen LogP contribution >= 0.6 is 0 Å². The summed E-state index contributed by atoms with van der Waals surface area (Å²) >= 11 is 0. The van der Waals surface area contributed by atoms with Crippen molar-refractivity contribution in [3.05, 3.63) is 81.8 Å². The molecule has 150 valence electrons. The van der Waals surface area contributed by atoms with E-state index in [9.17, 15) is 4.79 Å². The fourth-order valence-electron chi connectivity index (χ4n) is 3.91.